The molecule has 1 amide bonds. The molecule has 0 bridgehead atoms. The molecule has 4 heteroatoms. The average molecular weight is 199 g/mol. The maximum atomic E-state index is 10.7. The highest BCUT2D eigenvalue weighted by Gasteiger charge is 2.19. The Morgan fingerprint density at radius 3 is 2.86 bits per heavy atom. The van der Waals surface area contributed by atoms with Crippen LogP contribution in [0.3, 0.4) is 0 Å². The first-order valence-corrected chi connectivity index (χ1v) is 5.38. The van der Waals surface area contributed by atoms with Crippen molar-refractivity contribution in [2.75, 3.05) is 6.54 Å². The Labute approximate surface area is 85.4 Å². The van der Waals surface area contributed by atoms with E-state index in [9.17, 15) is 4.79 Å². The summed E-state index contributed by atoms with van der Waals surface area (Å²) in [5, 5.41) is 3.31. The van der Waals surface area contributed by atoms with Crippen LogP contribution in [-0.4, -0.2) is 24.5 Å². The predicted molar refractivity (Wildman–Crippen MR) is 56.6 cm³/mol. The molecular weight excluding hydrogens is 178 g/mol. The number of carbonyl (C=O) groups excluding carboxylic acids is 1. The molecule has 0 heterocycles. The first-order chi connectivity index (χ1) is 6.59. The lowest BCUT2D eigenvalue weighted by Crippen LogP contribution is -2.47. The third-order valence-corrected chi connectivity index (χ3v) is 2.93. The third kappa shape index (κ3) is 3.64. The number of nitrogens with one attached hydrogen (secondary N) is 1. The number of nitrogens with two attached hydrogens (primary N) is 2. The van der Waals surface area contributed by atoms with Gasteiger partial charge in [0.2, 0.25) is 5.91 Å². The van der Waals surface area contributed by atoms with Crippen LogP contribution in [0, 0.1) is 5.92 Å². The number of primary amides is 1. The number of rotatable bonds is 4. The highest BCUT2D eigenvalue weighted by Crippen LogP contribution is 2.23. The van der Waals surface area contributed by atoms with E-state index in [1.54, 1.807) is 0 Å². The van der Waals surface area contributed by atoms with Crippen molar-refractivity contribution in [1.29, 1.82) is 0 Å². The van der Waals surface area contributed by atoms with Gasteiger partial charge >= 0.3 is 0 Å². The van der Waals surface area contributed by atoms with Crippen molar-refractivity contribution in [2.24, 2.45) is 17.4 Å². The van der Waals surface area contributed by atoms with E-state index >= 15 is 0 Å². The van der Waals surface area contributed by atoms with Gasteiger partial charge in [0.05, 0.1) is 6.04 Å². The molecule has 0 saturated heterocycles. The van der Waals surface area contributed by atoms with Crippen LogP contribution in [0.15, 0.2) is 0 Å². The van der Waals surface area contributed by atoms with Crippen LogP contribution in [0.5, 0.6) is 0 Å². The monoisotopic (exact) mass is 199 g/mol. The van der Waals surface area contributed by atoms with E-state index in [2.05, 4.69) is 12.2 Å². The first kappa shape index (κ1) is 11.5. The van der Waals surface area contributed by atoms with E-state index in [4.69, 9.17) is 11.5 Å². The molecule has 4 nitrogen and oxygen atoms in total. The van der Waals surface area contributed by atoms with E-state index in [0.29, 0.717) is 12.6 Å². The van der Waals surface area contributed by atoms with Crippen LogP contribution in [-0.2, 0) is 4.79 Å². The minimum Gasteiger partial charge on any atom is -0.368 e. The molecule has 14 heavy (non-hydrogen) atoms. The Kier molecular flexibility index (Phi) is 4.35. The summed E-state index contributed by atoms with van der Waals surface area (Å²) in [6.45, 7) is 2.77. The second-order valence-corrected chi connectivity index (χ2v) is 4.39. The van der Waals surface area contributed by atoms with Gasteiger partial charge in [0.25, 0.3) is 0 Å². The van der Waals surface area contributed by atoms with Crippen LogP contribution >= 0.6 is 0 Å². The number of amides is 1. The van der Waals surface area contributed by atoms with Crippen molar-refractivity contribution in [3.8, 4) is 0 Å². The molecule has 82 valence electrons. The van der Waals surface area contributed by atoms with E-state index in [-0.39, 0.29) is 0 Å². The van der Waals surface area contributed by atoms with Gasteiger partial charge < -0.3 is 16.8 Å². The van der Waals surface area contributed by atoms with Crippen LogP contribution in [0.25, 0.3) is 0 Å². The SMILES string of the molecule is CC1CCCC(NCC(N)C(N)=O)C1. The summed E-state index contributed by atoms with van der Waals surface area (Å²) in [6.07, 6.45) is 4.96. The normalized spacial score (nSPS) is 29.9. The maximum absolute atomic E-state index is 10.7. The third-order valence-electron chi connectivity index (χ3n) is 2.93. The van der Waals surface area contributed by atoms with Gasteiger partial charge in [0, 0.05) is 12.6 Å². The smallest absolute Gasteiger partial charge is 0.235 e. The molecule has 0 aromatic heterocycles. The standard InChI is InChI=1S/C10H21N3O/c1-7-3-2-4-8(5-7)13-6-9(11)10(12)14/h7-9,13H,2-6,11H2,1H3,(H2,12,14). The summed E-state index contributed by atoms with van der Waals surface area (Å²) >= 11 is 0. The van der Waals surface area contributed by atoms with Crippen molar-refractivity contribution in [1.82, 2.24) is 5.32 Å². The minimum atomic E-state index is -0.549. The minimum absolute atomic E-state index is 0.429. The fourth-order valence-corrected chi connectivity index (χ4v) is 2.01. The zero-order chi connectivity index (χ0) is 10.6. The molecule has 0 spiro atoms. The second-order valence-electron chi connectivity index (χ2n) is 4.39. The number of hydrogen-bond donors (Lipinski definition) is 3. The number of hydrogen-bond acceptors (Lipinski definition) is 3. The van der Waals surface area contributed by atoms with Crippen LogP contribution in [0.2, 0.25) is 0 Å². The largest absolute Gasteiger partial charge is 0.368 e. The predicted octanol–water partition coefficient (Wildman–Crippen LogP) is -0.0327. The molecule has 1 rings (SSSR count). The highest BCUT2D eigenvalue weighted by atomic mass is 16.1. The zero-order valence-corrected chi connectivity index (χ0v) is 8.83. The van der Waals surface area contributed by atoms with Gasteiger partial charge in [-0.25, -0.2) is 0 Å². The van der Waals surface area contributed by atoms with E-state index in [1.165, 1.54) is 25.7 Å². The van der Waals surface area contributed by atoms with Crippen molar-refractivity contribution in [2.45, 2.75) is 44.7 Å². The molecule has 5 N–H and O–H groups in total. The van der Waals surface area contributed by atoms with Gasteiger partial charge in [-0.3, -0.25) is 4.79 Å². The lowest BCUT2D eigenvalue weighted by molar-refractivity contribution is -0.119. The van der Waals surface area contributed by atoms with Gasteiger partial charge in [-0.15, -0.1) is 0 Å². The molecule has 3 unspecified atom stereocenters. The van der Waals surface area contributed by atoms with Crippen molar-refractivity contribution < 1.29 is 4.79 Å². The molecule has 3 atom stereocenters. The van der Waals surface area contributed by atoms with Crippen molar-refractivity contribution in [3.63, 3.8) is 0 Å². The van der Waals surface area contributed by atoms with Gasteiger partial charge in [0.15, 0.2) is 0 Å². The Morgan fingerprint density at radius 1 is 1.57 bits per heavy atom. The summed E-state index contributed by atoms with van der Waals surface area (Å²) in [7, 11) is 0. The number of carbonyl (C=O) groups is 1. The lowest BCUT2D eigenvalue weighted by atomic mass is 9.87. The maximum Gasteiger partial charge on any atom is 0.235 e. The summed E-state index contributed by atoms with van der Waals surface area (Å²) in [4.78, 5) is 10.7. The molecule has 1 aliphatic carbocycles. The van der Waals surface area contributed by atoms with Crippen LogP contribution < -0.4 is 16.8 Å². The van der Waals surface area contributed by atoms with E-state index < -0.39 is 11.9 Å². The Balaban J connectivity index is 2.20. The van der Waals surface area contributed by atoms with Gasteiger partial charge in [-0.05, 0) is 18.8 Å². The summed E-state index contributed by atoms with van der Waals surface area (Å²) in [5.41, 5.74) is 10.6. The summed E-state index contributed by atoms with van der Waals surface area (Å²) in [5.74, 6) is 0.354. The average Bonchev–Trinajstić information content (AvgIpc) is 2.14. The Hall–Kier alpha value is -0.610. The molecule has 0 radical (unpaired) electrons. The molecule has 0 aromatic rings. The Bertz CT molecular complexity index is 196. The van der Waals surface area contributed by atoms with E-state index in [1.807, 2.05) is 0 Å². The van der Waals surface area contributed by atoms with Crippen molar-refractivity contribution >= 4 is 5.91 Å². The topological polar surface area (TPSA) is 81.1 Å². The van der Waals surface area contributed by atoms with Crippen LogP contribution in [0.4, 0.5) is 0 Å². The van der Waals surface area contributed by atoms with Gasteiger partial charge in [0.1, 0.15) is 0 Å². The summed E-state index contributed by atoms with van der Waals surface area (Å²) < 4.78 is 0. The van der Waals surface area contributed by atoms with Gasteiger partial charge in [-0.2, -0.15) is 0 Å². The van der Waals surface area contributed by atoms with E-state index in [0.717, 1.165) is 5.92 Å². The molecule has 0 aromatic carbocycles. The fraction of sp³-hybridized carbons (Fsp3) is 0.900. The molecule has 1 fully saturated rings. The molecule has 0 aliphatic heterocycles. The van der Waals surface area contributed by atoms with Crippen molar-refractivity contribution in [3.05, 3.63) is 0 Å². The fourth-order valence-electron chi connectivity index (χ4n) is 2.01. The van der Waals surface area contributed by atoms with Gasteiger partial charge in [-0.1, -0.05) is 19.8 Å². The molecular formula is C10H21N3O. The second kappa shape index (κ2) is 5.32. The first-order valence-electron chi connectivity index (χ1n) is 5.38. The summed E-state index contributed by atoms with van der Waals surface area (Å²) in [6, 6.07) is -0.0311. The zero-order valence-electron chi connectivity index (χ0n) is 8.83. The molecule has 1 aliphatic rings. The molecule has 1 saturated carbocycles. The Morgan fingerprint density at radius 2 is 2.29 bits per heavy atom. The lowest BCUT2D eigenvalue weighted by Gasteiger charge is -2.28. The quantitative estimate of drug-likeness (QED) is 0.594. The highest BCUT2D eigenvalue weighted by molar-refractivity contribution is 5.79. The van der Waals surface area contributed by atoms with Crippen LogP contribution in [0.1, 0.15) is 32.6 Å².